The molecule has 34 heavy (non-hydrogen) atoms. The summed E-state index contributed by atoms with van der Waals surface area (Å²) in [7, 11) is -6.00. The molecule has 180 valence electrons. The van der Waals surface area contributed by atoms with Gasteiger partial charge in [0, 0.05) is 11.8 Å². The van der Waals surface area contributed by atoms with Crippen LogP contribution in [0, 0.1) is 68.1 Å². The molecule has 2 saturated carbocycles. The minimum atomic E-state index is -6.00. The van der Waals surface area contributed by atoms with Crippen LogP contribution >= 0.6 is 0 Å². The Balaban J connectivity index is 0.000000323. The van der Waals surface area contributed by atoms with E-state index < -0.39 is 7.25 Å². The molecule has 0 saturated heterocycles. The zero-order chi connectivity index (χ0) is 24.3. The van der Waals surface area contributed by atoms with Crippen LogP contribution in [0.1, 0.15) is 44.7 Å². The molecule has 0 atom stereocenters. The van der Waals surface area contributed by atoms with Crippen molar-refractivity contribution < 1.29 is 34.0 Å². The average Bonchev–Trinajstić information content (AvgIpc) is 3.20. The summed E-state index contributed by atoms with van der Waals surface area (Å²) in [4.78, 5) is 0. The molecule has 6 heteroatoms. The van der Waals surface area contributed by atoms with Gasteiger partial charge in [-0.25, -0.2) is 0 Å². The van der Waals surface area contributed by atoms with E-state index >= 15 is 0 Å². The van der Waals surface area contributed by atoms with Crippen molar-refractivity contribution in [3.05, 3.63) is 134 Å². The quantitative estimate of drug-likeness (QED) is 0.216. The van der Waals surface area contributed by atoms with Gasteiger partial charge in [-0.05, 0) is 80.2 Å². The molecular weight excluding hydrogens is 482 g/mol. The SMILES string of the molecule is CC(C)(C)[C]1[CH][CH][CH][CH]1.F[B-](F)(F)F.[CH]1[CH][C](c2ccccc2)[C](c2ccccc2)[CH]CC1.[Co+3]. The van der Waals surface area contributed by atoms with Gasteiger partial charge in [0.1, 0.15) is 0 Å². The Bertz CT molecular complexity index is 715. The van der Waals surface area contributed by atoms with Crippen molar-refractivity contribution in [2.75, 3.05) is 0 Å². The van der Waals surface area contributed by atoms with Crippen LogP contribution in [0.4, 0.5) is 17.3 Å². The zero-order valence-electron chi connectivity index (χ0n) is 19.7. The van der Waals surface area contributed by atoms with E-state index in [4.69, 9.17) is 0 Å². The Labute approximate surface area is 214 Å². The second-order valence-corrected chi connectivity index (χ2v) is 8.66. The summed E-state index contributed by atoms with van der Waals surface area (Å²) < 4.78 is 39.0. The minimum absolute atomic E-state index is 0. The second-order valence-electron chi connectivity index (χ2n) is 8.66. The average molecular weight is 512 g/mol. The van der Waals surface area contributed by atoms with Gasteiger partial charge in [0.25, 0.3) is 0 Å². The summed E-state index contributed by atoms with van der Waals surface area (Å²) in [5.74, 6) is 4.09. The number of hydrogen-bond acceptors (Lipinski definition) is 0. The maximum atomic E-state index is 9.75. The van der Waals surface area contributed by atoms with E-state index in [0.717, 1.165) is 12.8 Å². The zero-order valence-corrected chi connectivity index (χ0v) is 20.7. The molecule has 0 spiro atoms. The summed E-state index contributed by atoms with van der Waals surface area (Å²) in [6, 6.07) is 21.3. The van der Waals surface area contributed by atoms with Crippen LogP contribution < -0.4 is 0 Å². The minimum Gasteiger partial charge on any atom is -0.418 e. The summed E-state index contributed by atoms with van der Waals surface area (Å²) in [6.45, 7) is 6.67. The van der Waals surface area contributed by atoms with Gasteiger partial charge in [0.05, 0.1) is 0 Å². The van der Waals surface area contributed by atoms with E-state index in [-0.39, 0.29) is 16.8 Å². The molecule has 2 aliphatic carbocycles. The van der Waals surface area contributed by atoms with Crippen molar-refractivity contribution >= 4 is 7.25 Å². The van der Waals surface area contributed by atoms with Crippen LogP contribution in [-0.2, 0) is 16.8 Å². The molecule has 10 radical (unpaired) electrons. The van der Waals surface area contributed by atoms with Crippen LogP contribution in [0.25, 0.3) is 0 Å². The van der Waals surface area contributed by atoms with Gasteiger partial charge in [0.2, 0.25) is 0 Å². The Morgan fingerprint density at radius 3 is 1.50 bits per heavy atom. The molecule has 0 bridgehead atoms. The van der Waals surface area contributed by atoms with E-state index in [1.54, 1.807) is 0 Å². The van der Waals surface area contributed by atoms with Gasteiger partial charge in [-0.1, -0.05) is 81.4 Å². The second kappa shape index (κ2) is 15.0. The maximum absolute atomic E-state index is 9.75. The van der Waals surface area contributed by atoms with E-state index in [9.17, 15) is 17.3 Å². The maximum Gasteiger partial charge on any atom is 3.00 e. The largest absolute Gasteiger partial charge is 3.00 e. The first kappa shape index (κ1) is 30.8. The van der Waals surface area contributed by atoms with Crippen molar-refractivity contribution in [2.24, 2.45) is 5.41 Å². The third kappa shape index (κ3) is 11.9. The van der Waals surface area contributed by atoms with Crippen LogP contribution in [0.2, 0.25) is 0 Å². The molecule has 0 nitrogen and oxygen atoms in total. The topological polar surface area (TPSA) is 0 Å². The third-order valence-corrected chi connectivity index (χ3v) is 4.95. The monoisotopic (exact) mass is 512 g/mol. The van der Waals surface area contributed by atoms with Crippen molar-refractivity contribution in [3.63, 3.8) is 0 Å². The molecule has 2 aliphatic rings. The first-order valence-electron chi connectivity index (χ1n) is 11.0. The normalized spacial score (nSPS) is 18.0. The van der Waals surface area contributed by atoms with Crippen molar-refractivity contribution in [3.8, 4) is 0 Å². The summed E-state index contributed by atoms with van der Waals surface area (Å²) in [6.07, 6.45) is 17.6. The molecule has 0 unspecified atom stereocenters. The number of rotatable bonds is 2. The van der Waals surface area contributed by atoms with Gasteiger partial charge in [-0.15, -0.1) is 0 Å². The molecule has 2 fully saturated rings. The fourth-order valence-electron chi connectivity index (χ4n) is 3.36. The van der Waals surface area contributed by atoms with Gasteiger partial charge < -0.3 is 17.3 Å². The van der Waals surface area contributed by atoms with Crippen molar-refractivity contribution in [1.82, 2.24) is 0 Å². The van der Waals surface area contributed by atoms with E-state index in [1.165, 1.54) is 28.9 Å². The van der Waals surface area contributed by atoms with E-state index in [2.05, 4.69) is 126 Å². The fraction of sp³-hybridized carbons (Fsp3) is 0.214. The van der Waals surface area contributed by atoms with Gasteiger partial charge in [-0.2, -0.15) is 0 Å². The molecule has 2 aromatic carbocycles. The fourth-order valence-corrected chi connectivity index (χ4v) is 3.36. The summed E-state index contributed by atoms with van der Waals surface area (Å²) in [5.41, 5.74) is 2.91. The molecule has 0 heterocycles. The number of benzene rings is 2. The molecular formula is C28H30BCoF4+2. The van der Waals surface area contributed by atoms with Crippen LogP contribution in [0.5, 0.6) is 0 Å². The Kier molecular flexibility index (Phi) is 13.6. The molecule has 0 aliphatic heterocycles. The first-order chi connectivity index (χ1) is 15.6. The smallest absolute Gasteiger partial charge is 0.418 e. The predicted molar refractivity (Wildman–Crippen MR) is 130 cm³/mol. The Morgan fingerprint density at radius 2 is 1.09 bits per heavy atom. The molecule has 0 amide bonds. The van der Waals surface area contributed by atoms with Crippen LogP contribution in [0.15, 0.2) is 60.7 Å². The van der Waals surface area contributed by atoms with E-state index in [1.807, 2.05) is 0 Å². The number of hydrogen-bond donors (Lipinski definition) is 0. The molecule has 0 aromatic heterocycles. The van der Waals surface area contributed by atoms with Crippen molar-refractivity contribution in [2.45, 2.75) is 33.6 Å². The summed E-state index contributed by atoms with van der Waals surface area (Å²) in [5, 5.41) is 0. The van der Waals surface area contributed by atoms with Crippen LogP contribution in [-0.4, -0.2) is 7.25 Å². The van der Waals surface area contributed by atoms with Gasteiger partial charge in [-0.3, -0.25) is 0 Å². The predicted octanol–water partition coefficient (Wildman–Crippen LogP) is 8.37. The first-order valence-corrected chi connectivity index (χ1v) is 11.0. The Morgan fingerprint density at radius 1 is 0.647 bits per heavy atom. The third-order valence-electron chi connectivity index (χ3n) is 4.95. The number of halogens is 4. The molecule has 4 rings (SSSR count). The van der Waals surface area contributed by atoms with Crippen molar-refractivity contribution in [1.29, 1.82) is 0 Å². The van der Waals surface area contributed by atoms with Gasteiger partial charge >= 0.3 is 24.0 Å². The Hall–Kier alpha value is -1.27. The van der Waals surface area contributed by atoms with E-state index in [0.29, 0.717) is 5.41 Å². The van der Waals surface area contributed by atoms with Gasteiger partial charge in [0.15, 0.2) is 0 Å². The molecule has 0 N–H and O–H groups in total. The summed E-state index contributed by atoms with van der Waals surface area (Å²) >= 11 is 0. The van der Waals surface area contributed by atoms with Crippen LogP contribution in [0.3, 0.4) is 0 Å². The molecule has 2 aromatic rings. The standard InChI is InChI=1S/C19H17.C9H13.BF4.Co/c1-4-10-16(11-5-1)18-14-8-3-9-15-19(18)17-12-6-2-7-13-17;1-9(2,3)8-6-4-5-7-8;2-1(3,4)5;/h1-2,4-8,10-15H,3,9H2;4-7H,1-3H3;;/q;;-1;+3.